The third-order valence-corrected chi connectivity index (χ3v) is 3.91. The number of ether oxygens (including phenoxy) is 2. The molecule has 2 N–H and O–H groups in total. The highest BCUT2D eigenvalue weighted by Gasteiger charge is 2.55. The zero-order valence-corrected chi connectivity index (χ0v) is 12.1. The third kappa shape index (κ3) is 1.91. The van der Waals surface area contributed by atoms with Crippen LogP contribution in [-0.2, 0) is 9.53 Å². The van der Waals surface area contributed by atoms with Gasteiger partial charge in [0.2, 0.25) is 0 Å². The Morgan fingerprint density at radius 1 is 1.50 bits per heavy atom. The van der Waals surface area contributed by atoms with Crippen molar-refractivity contribution in [1.82, 2.24) is 10.6 Å². The van der Waals surface area contributed by atoms with Crippen molar-refractivity contribution in [3.05, 3.63) is 29.8 Å². The largest absolute Gasteiger partial charge is 0.467 e. The SMILES string of the molecule is CCOC(=O)[C@@H]1[C@H]2NC(=S)N[C@@]1(C)Oc1ccccc12. The van der Waals surface area contributed by atoms with Gasteiger partial charge in [-0.2, -0.15) is 0 Å². The fourth-order valence-electron chi connectivity index (χ4n) is 2.88. The average Bonchev–Trinajstić information content (AvgIpc) is 2.37. The first-order valence-electron chi connectivity index (χ1n) is 6.58. The normalized spacial score (nSPS) is 30.4. The number of thiocarbonyl (C=S) groups is 1. The van der Waals surface area contributed by atoms with Gasteiger partial charge in [0, 0.05) is 5.56 Å². The van der Waals surface area contributed by atoms with Gasteiger partial charge in [-0.1, -0.05) is 18.2 Å². The zero-order chi connectivity index (χ0) is 14.3. The number of fused-ring (bicyclic) bond motifs is 4. The number of benzene rings is 1. The molecule has 20 heavy (non-hydrogen) atoms. The van der Waals surface area contributed by atoms with Gasteiger partial charge in [-0.05, 0) is 32.1 Å². The molecular weight excluding hydrogens is 276 g/mol. The van der Waals surface area contributed by atoms with Crippen molar-refractivity contribution < 1.29 is 14.3 Å². The van der Waals surface area contributed by atoms with Crippen molar-refractivity contribution in [2.75, 3.05) is 6.61 Å². The molecule has 0 unspecified atom stereocenters. The van der Waals surface area contributed by atoms with Gasteiger partial charge in [0.05, 0.1) is 12.6 Å². The first kappa shape index (κ1) is 13.2. The Morgan fingerprint density at radius 2 is 2.25 bits per heavy atom. The highest BCUT2D eigenvalue weighted by Crippen LogP contribution is 2.44. The number of esters is 1. The van der Waals surface area contributed by atoms with Gasteiger partial charge >= 0.3 is 5.97 Å². The van der Waals surface area contributed by atoms with Gasteiger partial charge < -0.3 is 20.1 Å². The Morgan fingerprint density at radius 3 is 3.00 bits per heavy atom. The van der Waals surface area contributed by atoms with Crippen molar-refractivity contribution >= 4 is 23.3 Å². The van der Waals surface area contributed by atoms with Crippen LogP contribution in [0.3, 0.4) is 0 Å². The van der Waals surface area contributed by atoms with Gasteiger partial charge in [0.1, 0.15) is 11.7 Å². The maximum atomic E-state index is 12.3. The minimum absolute atomic E-state index is 0.238. The van der Waals surface area contributed by atoms with Crippen molar-refractivity contribution in [3.63, 3.8) is 0 Å². The zero-order valence-electron chi connectivity index (χ0n) is 11.3. The molecule has 0 saturated carbocycles. The maximum absolute atomic E-state index is 12.3. The van der Waals surface area contributed by atoms with Gasteiger partial charge in [0.15, 0.2) is 10.8 Å². The average molecular weight is 292 g/mol. The minimum Gasteiger partial charge on any atom is -0.467 e. The van der Waals surface area contributed by atoms with E-state index < -0.39 is 11.6 Å². The molecule has 0 amide bonds. The quantitative estimate of drug-likeness (QED) is 0.636. The summed E-state index contributed by atoms with van der Waals surface area (Å²) in [7, 11) is 0. The number of carbonyl (C=O) groups excluding carboxylic acids is 1. The van der Waals surface area contributed by atoms with Crippen LogP contribution < -0.4 is 15.4 Å². The lowest BCUT2D eigenvalue weighted by Gasteiger charge is -2.50. The number of hydrogen-bond acceptors (Lipinski definition) is 4. The number of nitrogens with one attached hydrogen (secondary N) is 2. The summed E-state index contributed by atoms with van der Waals surface area (Å²) < 4.78 is 11.2. The highest BCUT2D eigenvalue weighted by molar-refractivity contribution is 7.80. The lowest BCUT2D eigenvalue weighted by atomic mass is 9.80. The van der Waals surface area contributed by atoms with Gasteiger partial charge in [-0.25, -0.2) is 0 Å². The lowest BCUT2D eigenvalue weighted by molar-refractivity contribution is -0.161. The smallest absolute Gasteiger partial charge is 0.317 e. The molecular formula is C14H16N2O3S. The first-order valence-corrected chi connectivity index (χ1v) is 6.99. The molecule has 0 aliphatic carbocycles. The van der Waals surface area contributed by atoms with E-state index in [1.807, 2.05) is 31.2 Å². The van der Waals surface area contributed by atoms with Crippen molar-refractivity contribution in [1.29, 1.82) is 0 Å². The Bertz CT molecular complexity index is 577. The van der Waals surface area contributed by atoms with Gasteiger partial charge in [-0.15, -0.1) is 0 Å². The van der Waals surface area contributed by atoms with Crippen LogP contribution in [0.5, 0.6) is 5.75 Å². The Labute approximate surface area is 122 Å². The molecule has 3 rings (SSSR count). The fourth-order valence-corrected chi connectivity index (χ4v) is 3.21. The molecule has 3 atom stereocenters. The standard InChI is InChI=1S/C14H16N2O3S/c1-3-18-12(17)10-11-8-6-4-5-7-9(8)19-14(10,2)16-13(20)15-11/h4-7,10-11H,3H2,1-2H3,(H2,15,16,20)/t10-,11-,14-/m0/s1. The summed E-state index contributed by atoms with van der Waals surface area (Å²) in [5.41, 5.74) is 0.0278. The summed E-state index contributed by atoms with van der Waals surface area (Å²) in [5, 5.41) is 6.69. The topological polar surface area (TPSA) is 59.6 Å². The minimum atomic E-state index is -0.895. The fraction of sp³-hybridized carbons (Fsp3) is 0.429. The summed E-state index contributed by atoms with van der Waals surface area (Å²) in [4.78, 5) is 12.3. The number of rotatable bonds is 2. The van der Waals surface area contributed by atoms with E-state index in [2.05, 4.69) is 10.6 Å². The molecule has 0 aromatic heterocycles. The van der Waals surface area contributed by atoms with Gasteiger partial charge in [0.25, 0.3) is 0 Å². The van der Waals surface area contributed by atoms with Crippen LogP contribution in [0.2, 0.25) is 0 Å². The van der Waals surface area contributed by atoms with Crippen LogP contribution in [0.4, 0.5) is 0 Å². The second kappa shape index (κ2) is 4.63. The van der Waals surface area contributed by atoms with Crippen molar-refractivity contribution in [2.45, 2.75) is 25.6 Å². The molecule has 2 aliphatic rings. The molecule has 1 aromatic carbocycles. The van der Waals surface area contributed by atoms with E-state index in [0.29, 0.717) is 11.7 Å². The molecule has 2 aliphatic heterocycles. The van der Waals surface area contributed by atoms with E-state index >= 15 is 0 Å². The monoisotopic (exact) mass is 292 g/mol. The molecule has 5 nitrogen and oxygen atoms in total. The van der Waals surface area contributed by atoms with Crippen LogP contribution in [-0.4, -0.2) is 23.4 Å². The molecule has 1 saturated heterocycles. The Hall–Kier alpha value is -1.82. The number of hydrogen-bond donors (Lipinski definition) is 2. The van der Waals surface area contributed by atoms with Crippen LogP contribution in [0.15, 0.2) is 24.3 Å². The molecule has 2 heterocycles. The van der Waals surface area contributed by atoms with Crippen LogP contribution in [0.1, 0.15) is 25.5 Å². The predicted molar refractivity (Wildman–Crippen MR) is 77.2 cm³/mol. The van der Waals surface area contributed by atoms with E-state index in [4.69, 9.17) is 21.7 Å². The van der Waals surface area contributed by atoms with Crippen LogP contribution in [0, 0.1) is 5.92 Å². The molecule has 2 bridgehead atoms. The molecule has 0 spiro atoms. The number of para-hydroxylation sites is 1. The first-order chi connectivity index (χ1) is 9.55. The second-order valence-corrected chi connectivity index (χ2v) is 5.46. The summed E-state index contributed by atoms with van der Waals surface area (Å²) >= 11 is 5.21. The predicted octanol–water partition coefficient (Wildman–Crippen LogP) is 1.49. The lowest BCUT2D eigenvalue weighted by Crippen LogP contribution is -2.70. The van der Waals surface area contributed by atoms with Gasteiger partial charge in [-0.3, -0.25) is 4.79 Å². The van der Waals surface area contributed by atoms with E-state index in [1.165, 1.54) is 0 Å². The summed E-state index contributed by atoms with van der Waals surface area (Å²) in [6, 6.07) is 7.41. The summed E-state index contributed by atoms with van der Waals surface area (Å²) in [6.07, 6.45) is 0. The molecule has 6 heteroatoms. The van der Waals surface area contributed by atoms with Crippen molar-refractivity contribution in [2.24, 2.45) is 5.92 Å². The highest BCUT2D eigenvalue weighted by atomic mass is 32.1. The van der Waals surface area contributed by atoms with Crippen LogP contribution >= 0.6 is 12.2 Å². The molecule has 106 valence electrons. The molecule has 1 aromatic rings. The Kier molecular flexibility index (Phi) is 3.05. The number of carbonyl (C=O) groups is 1. The van der Waals surface area contributed by atoms with E-state index in [-0.39, 0.29) is 12.0 Å². The van der Waals surface area contributed by atoms with E-state index in [0.717, 1.165) is 11.3 Å². The third-order valence-electron chi connectivity index (χ3n) is 3.69. The summed E-state index contributed by atoms with van der Waals surface area (Å²) in [6.45, 7) is 3.95. The van der Waals surface area contributed by atoms with Crippen LogP contribution in [0.25, 0.3) is 0 Å². The molecule has 0 radical (unpaired) electrons. The maximum Gasteiger partial charge on any atom is 0.317 e. The Balaban J connectivity index is 2.08. The van der Waals surface area contributed by atoms with Crippen molar-refractivity contribution in [3.8, 4) is 5.75 Å². The summed E-state index contributed by atoms with van der Waals surface area (Å²) in [5.74, 6) is -0.0379. The molecule has 1 fully saturated rings. The second-order valence-electron chi connectivity index (χ2n) is 5.05. The van der Waals surface area contributed by atoms with E-state index in [1.54, 1.807) is 6.92 Å². The van der Waals surface area contributed by atoms with E-state index in [9.17, 15) is 4.79 Å².